The van der Waals surface area contributed by atoms with Crippen molar-refractivity contribution >= 4 is 87.0 Å². The third-order valence-electron chi connectivity index (χ3n) is 15.9. The average Bonchev–Trinajstić information content (AvgIpc) is 3.22. The summed E-state index contributed by atoms with van der Waals surface area (Å²) in [5.41, 5.74) is 2.33. The van der Waals surface area contributed by atoms with Crippen molar-refractivity contribution in [2.75, 3.05) is 19.6 Å². The van der Waals surface area contributed by atoms with Gasteiger partial charge in [-0.1, -0.05) is 178 Å². The molecule has 0 atom stereocenters. The van der Waals surface area contributed by atoms with Gasteiger partial charge in [0, 0.05) is 12.8 Å². The van der Waals surface area contributed by atoms with Crippen LogP contribution in [0.2, 0.25) is 30.1 Å². The maximum absolute atomic E-state index is 12.9. The lowest BCUT2D eigenvalue weighted by molar-refractivity contribution is -0.129. The first-order valence-corrected chi connectivity index (χ1v) is 26.3. The number of carbonyl (C=O) groups is 3. The first kappa shape index (κ1) is 54.9. The number of piperidine rings is 1. The average molecular weight is 1050 g/mol. The zero-order valence-electron chi connectivity index (χ0n) is 37.6. The third-order valence-corrected chi connectivity index (χ3v) is 18.1. The van der Waals surface area contributed by atoms with Crippen molar-refractivity contribution in [3.63, 3.8) is 0 Å². The molecule has 6 fully saturated rings. The van der Waals surface area contributed by atoms with Gasteiger partial charge in [-0.15, -0.1) is 0 Å². The standard InChI is InChI=1S/2C18H22Cl2O.C17H21Cl2NO.2ClH/c2*19-15-8-7-14(12-16(15)20)18(9-4-10-18)17(21)11-13-5-2-1-3-6-13;18-14-6-5-13(11-15(14)19)17(7-4-8-17)16(21)12-20-9-2-1-3-10-20;;/h2*7-8,12-13H,1-6,9-11H2;5-6,11H,1-4,7-10,12H2;2*1H/p-2. The Labute approximate surface area is 431 Å². The molecule has 358 valence electrons. The molecule has 1 aliphatic heterocycles. The van der Waals surface area contributed by atoms with Crippen LogP contribution in [0.5, 0.6) is 0 Å². The molecule has 1 saturated heterocycles. The number of nitrogens with zero attached hydrogens (tertiary/aromatic N) is 1. The van der Waals surface area contributed by atoms with Crippen molar-refractivity contribution < 1.29 is 39.2 Å². The highest BCUT2D eigenvalue weighted by atomic mass is 35.5. The number of halogens is 8. The predicted molar refractivity (Wildman–Crippen MR) is 264 cm³/mol. The molecule has 1 heterocycles. The fourth-order valence-corrected chi connectivity index (χ4v) is 12.2. The van der Waals surface area contributed by atoms with Gasteiger partial charge in [-0.3, -0.25) is 19.3 Å². The maximum atomic E-state index is 12.9. The summed E-state index contributed by atoms with van der Waals surface area (Å²) < 4.78 is 0. The fourth-order valence-electron chi connectivity index (χ4n) is 11.3. The van der Waals surface area contributed by atoms with Crippen LogP contribution in [-0.2, 0) is 30.6 Å². The number of rotatable bonds is 12. The summed E-state index contributed by atoms with van der Waals surface area (Å²) in [6.07, 6.45) is 27.1. The van der Waals surface area contributed by atoms with Gasteiger partial charge in [0.25, 0.3) is 0 Å². The van der Waals surface area contributed by atoms with E-state index in [9.17, 15) is 14.4 Å². The lowest BCUT2D eigenvalue weighted by atomic mass is 9.60. The fraction of sp³-hybridized carbons (Fsp3) is 0.604. The molecule has 4 nitrogen and oxygen atoms in total. The molecule has 0 N–H and O–H groups in total. The number of benzene rings is 3. The Bertz CT molecular complexity index is 1830. The zero-order chi connectivity index (χ0) is 44.6. The molecule has 12 heteroatoms. The SMILES string of the molecule is O=C(CC1CCCCC1)C1(c2ccc(Cl)c(Cl)c2)CCC1.O=C(CC1CCCCC1)C1(c2ccc(Cl)c(Cl)c2)CCC1.O=C(CN1CCCCC1)C1(c2ccc(Cl)c(Cl)c2)CCC1.[Cl-].[Cl-]. The van der Waals surface area contributed by atoms with Crippen molar-refractivity contribution in [3.8, 4) is 0 Å². The van der Waals surface area contributed by atoms with E-state index in [-0.39, 0.29) is 41.1 Å². The topological polar surface area (TPSA) is 54.5 Å². The molecule has 0 spiro atoms. The second kappa shape index (κ2) is 25.2. The van der Waals surface area contributed by atoms with Crippen LogP contribution in [0, 0.1) is 11.8 Å². The van der Waals surface area contributed by atoms with Gasteiger partial charge >= 0.3 is 0 Å². The number of hydrogen-bond donors (Lipinski definition) is 0. The van der Waals surface area contributed by atoms with Crippen LogP contribution in [0.3, 0.4) is 0 Å². The van der Waals surface area contributed by atoms with Crippen LogP contribution in [0.4, 0.5) is 0 Å². The van der Waals surface area contributed by atoms with Crippen LogP contribution >= 0.6 is 69.6 Å². The number of Topliss-reactive ketones (excluding diaryl/α,β-unsaturated/α-hetero) is 3. The van der Waals surface area contributed by atoms with Crippen LogP contribution < -0.4 is 24.8 Å². The monoisotopic (exact) mass is 1040 g/mol. The molecule has 9 rings (SSSR count). The van der Waals surface area contributed by atoms with Gasteiger partial charge in [-0.2, -0.15) is 0 Å². The first-order chi connectivity index (χ1) is 30.3. The summed E-state index contributed by atoms with van der Waals surface area (Å²) in [6.45, 7) is 2.70. The Kier molecular flexibility index (Phi) is 21.3. The molecule has 0 bridgehead atoms. The minimum Gasteiger partial charge on any atom is -1.00 e. The number of hydrogen-bond acceptors (Lipinski definition) is 4. The minimum atomic E-state index is -0.314. The highest BCUT2D eigenvalue weighted by Crippen LogP contribution is 2.50. The normalized spacial score (nSPS) is 21.1. The quantitative estimate of drug-likeness (QED) is 0.181. The largest absolute Gasteiger partial charge is 1.00 e. The number of likely N-dealkylation sites (tertiary alicyclic amines) is 1. The van der Waals surface area contributed by atoms with E-state index in [1.807, 2.05) is 54.6 Å². The van der Waals surface area contributed by atoms with Crippen LogP contribution in [0.25, 0.3) is 0 Å². The lowest BCUT2D eigenvalue weighted by Gasteiger charge is -2.42. The van der Waals surface area contributed by atoms with Crippen molar-refractivity contribution in [1.29, 1.82) is 0 Å². The van der Waals surface area contributed by atoms with Gasteiger partial charge in [0.05, 0.1) is 52.9 Å². The van der Waals surface area contributed by atoms with E-state index in [4.69, 9.17) is 69.6 Å². The van der Waals surface area contributed by atoms with Gasteiger partial charge in [-0.05, 0) is 129 Å². The third kappa shape index (κ3) is 13.0. The first-order valence-electron chi connectivity index (χ1n) is 24.0. The summed E-state index contributed by atoms with van der Waals surface area (Å²) in [5.74, 6) is 2.42. The molecule has 0 amide bonds. The predicted octanol–water partition coefficient (Wildman–Crippen LogP) is 10.4. The summed E-state index contributed by atoms with van der Waals surface area (Å²) in [7, 11) is 0. The van der Waals surface area contributed by atoms with Crippen LogP contribution in [0.1, 0.15) is 171 Å². The van der Waals surface area contributed by atoms with Gasteiger partial charge < -0.3 is 24.8 Å². The summed E-state index contributed by atoms with van der Waals surface area (Å²) >= 11 is 36.5. The van der Waals surface area contributed by atoms with E-state index in [1.165, 1.54) is 83.5 Å². The molecule has 3 aromatic rings. The van der Waals surface area contributed by atoms with Crippen molar-refractivity contribution in [1.82, 2.24) is 4.90 Å². The molecule has 65 heavy (non-hydrogen) atoms. The molecule has 0 aromatic heterocycles. The maximum Gasteiger partial charge on any atom is 0.157 e. The highest BCUT2D eigenvalue weighted by molar-refractivity contribution is 6.43. The smallest absolute Gasteiger partial charge is 0.157 e. The van der Waals surface area contributed by atoms with E-state index < -0.39 is 0 Å². The van der Waals surface area contributed by atoms with Gasteiger partial charge in [0.1, 0.15) is 11.6 Å². The number of ketones is 3. The van der Waals surface area contributed by atoms with Crippen molar-refractivity contribution in [2.45, 2.75) is 170 Å². The summed E-state index contributed by atoms with van der Waals surface area (Å²) in [4.78, 5) is 41.1. The second-order valence-electron chi connectivity index (χ2n) is 19.7. The molecule has 5 aliphatic carbocycles. The Balaban J connectivity index is 0.000000180. The molecule has 0 radical (unpaired) electrons. The van der Waals surface area contributed by atoms with Crippen LogP contribution in [-0.4, -0.2) is 41.9 Å². The second-order valence-corrected chi connectivity index (χ2v) is 22.2. The van der Waals surface area contributed by atoms with Crippen molar-refractivity contribution in [2.24, 2.45) is 11.8 Å². The molecule has 0 unspecified atom stereocenters. The molecular weight excluding hydrogens is 982 g/mol. The minimum absolute atomic E-state index is 0. The Morgan fingerprint density at radius 2 is 0.723 bits per heavy atom. The lowest BCUT2D eigenvalue weighted by Crippen LogP contribution is -3.00. The summed E-state index contributed by atoms with van der Waals surface area (Å²) in [6, 6.07) is 17.1. The highest BCUT2D eigenvalue weighted by Gasteiger charge is 2.48. The molecule has 5 saturated carbocycles. The van der Waals surface area contributed by atoms with Gasteiger partial charge in [-0.25, -0.2) is 0 Å². The van der Waals surface area contributed by atoms with E-state index >= 15 is 0 Å². The summed E-state index contributed by atoms with van der Waals surface area (Å²) in [5, 5.41) is 3.35. The van der Waals surface area contributed by atoms with Gasteiger partial charge in [0.2, 0.25) is 0 Å². The molecule has 3 aromatic carbocycles. The molecule has 6 aliphatic rings. The Morgan fingerprint density at radius 1 is 0.415 bits per heavy atom. The van der Waals surface area contributed by atoms with E-state index in [0.717, 1.165) is 100 Å². The zero-order valence-corrected chi connectivity index (χ0v) is 43.7. The Hall–Kier alpha value is -1.05. The van der Waals surface area contributed by atoms with Gasteiger partial charge in [0.15, 0.2) is 5.78 Å². The van der Waals surface area contributed by atoms with E-state index in [2.05, 4.69) is 4.90 Å². The Morgan fingerprint density at radius 3 is 1.02 bits per heavy atom. The van der Waals surface area contributed by atoms with E-state index in [0.29, 0.717) is 65.9 Å². The van der Waals surface area contributed by atoms with Crippen molar-refractivity contribution in [3.05, 3.63) is 101 Å². The van der Waals surface area contributed by atoms with Crippen LogP contribution in [0.15, 0.2) is 54.6 Å². The number of carbonyl (C=O) groups excluding carboxylic acids is 3. The molecular formula is C53H65Cl8NO3-2. The van der Waals surface area contributed by atoms with E-state index in [1.54, 1.807) is 0 Å².